The van der Waals surface area contributed by atoms with Crippen molar-refractivity contribution >= 4 is 11.0 Å². The lowest BCUT2D eigenvalue weighted by Gasteiger charge is -2.03. The van der Waals surface area contributed by atoms with E-state index >= 15 is 0 Å². The molecule has 1 aromatic carbocycles. The van der Waals surface area contributed by atoms with Crippen LogP contribution in [-0.4, -0.2) is 14.5 Å². The van der Waals surface area contributed by atoms with Crippen LogP contribution in [0, 0.1) is 12.3 Å². The van der Waals surface area contributed by atoms with E-state index in [1.54, 1.807) is 18.7 Å². The number of aromatic nitrogens is 3. The first-order valence-electron chi connectivity index (χ1n) is 5.22. The van der Waals surface area contributed by atoms with E-state index in [1.165, 1.54) is 0 Å². The van der Waals surface area contributed by atoms with E-state index in [0.717, 1.165) is 22.3 Å². The fraction of sp³-hybridized carbons (Fsp3) is 0. The first-order chi connectivity index (χ1) is 8.38. The van der Waals surface area contributed by atoms with Crippen LogP contribution < -0.4 is 0 Å². The largest absolute Gasteiger partial charge is 0.297 e. The SMILES string of the molecule is C#Cc1cncc(-n2cnc3ccccc32)c1. The van der Waals surface area contributed by atoms with Gasteiger partial charge >= 0.3 is 0 Å². The number of nitrogens with zero attached hydrogens (tertiary/aromatic N) is 3. The lowest BCUT2D eigenvalue weighted by Crippen LogP contribution is -1.93. The predicted molar refractivity (Wildman–Crippen MR) is 66.8 cm³/mol. The number of terminal acetylenes is 1. The summed E-state index contributed by atoms with van der Waals surface area (Å²) in [5, 5.41) is 0. The van der Waals surface area contributed by atoms with Crippen LogP contribution in [0.3, 0.4) is 0 Å². The number of fused-ring (bicyclic) bond motifs is 1. The fourth-order valence-corrected chi connectivity index (χ4v) is 1.80. The Morgan fingerprint density at radius 1 is 1.18 bits per heavy atom. The van der Waals surface area contributed by atoms with Crippen molar-refractivity contribution < 1.29 is 0 Å². The molecule has 0 bridgehead atoms. The molecule has 0 fully saturated rings. The molecule has 80 valence electrons. The molecule has 0 radical (unpaired) electrons. The highest BCUT2D eigenvalue weighted by atomic mass is 15.1. The molecular formula is C14H9N3. The Morgan fingerprint density at radius 2 is 2.06 bits per heavy atom. The maximum Gasteiger partial charge on any atom is 0.100 e. The summed E-state index contributed by atoms with van der Waals surface area (Å²) >= 11 is 0. The second-order valence-corrected chi connectivity index (χ2v) is 3.68. The quantitative estimate of drug-likeness (QED) is 0.588. The van der Waals surface area contributed by atoms with Crippen LogP contribution in [0.15, 0.2) is 49.1 Å². The third-order valence-electron chi connectivity index (χ3n) is 2.62. The average molecular weight is 219 g/mol. The zero-order valence-electron chi connectivity index (χ0n) is 9.04. The van der Waals surface area contributed by atoms with E-state index in [4.69, 9.17) is 6.42 Å². The normalized spacial score (nSPS) is 10.3. The van der Waals surface area contributed by atoms with Gasteiger partial charge in [0, 0.05) is 11.8 Å². The third-order valence-corrected chi connectivity index (χ3v) is 2.62. The van der Waals surface area contributed by atoms with Gasteiger partial charge in [-0.1, -0.05) is 18.1 Å². The average Bonchev–Trinajstić information content (AvgIpc) is 2.82. The van der Waals surface area contributed by atoms with Gasteiger partial charge in [-0.05, 0) is 18.2 Å². The van der Waals surface area contributed by atoms with Crippen molar-refractivity contribution in [3.8, 4) is 18.0 Å². The van der Waals surface area contributed by atoms with Gasteiger partial charge < -0.3 is 0 Å². The maximum absolute atomic E-state index is 5.37. The molecule has 3 rings (SSSR count). The summed E-state index contributed by atoms with van der Waals surface area (Å²) in [5.41, 5.74) is 3.69. The first-order valence-corrected chi connectivity index (χ1v) is 5.22. The molecule has 2 heterocycles. The Hall–Kier alpha value is -2.60. The zero-order chi connectivity index (χ0) is 11.7. The minimum atomic E-state index is 0.764. The Labute approximate surface area is 98.8 Å². The van der Waals surface area contributed by atoms with Crippen molar-refractivity contribution in [2.24, 2.45) is 0 Å². The molecule has 0 N–H and O–H groups in total. The third kappa shape index (κ3) is 1.56. The van der Waals surface area contributed by atoms with Crippen LogP contribution in [0.1, 0.15) is 5.56 Å². The van der Waals surface area contributed by atoms with Crippen LogP contribution in [0.5, 0.6) is 0 Å². The maximum atomic E-state index is 5.37. The molecule has 0 unspecified atom stereocenters. The fourth-order valence-electron chi connectivity index (χ4n) is 1.80. The minimum Gasteiger partial charge on any atom is -0.297 e. The molecule has 3 aromatic rings. The summed E-state index contributed by atoms with van der Waals surface area (Å²) in [6.45, 7) is 0. The number of rotatable bonds is 1. The van der Waals surface area contributed by atoms with Crippen LogP contribution in [-0.2, 0) is 0 Å². The topological polar surface area (TPSA) is 30.7 Å². The highest BCUT2D eigenvalue weighted by Crippen LogP contribution is 2.17. The van der Waals surface area contributed by atoms with Crippen molar-refractivity contribution in [3.05, 3.63) is 54.6 Å². The standard InChI is InChI=1S/C14H9N3/c1-2-11-7-12(9-15-8-11)17-10-16-13-5-3-4-6-14(13)17/h1,3-10H. The first kappa shape index (κ1) is 9.61. The monoisotopic (exact) mass is 219 g/mol. The van der Waals surface area contributed by atoms with Crippen molar-refractivity contribution in [2.75, 3.05) is 0 Å². The summed E-state index contributed by atoms with van der Waals surface area (Å²) < 4.78 is 1.98. The van der Waals surface area contributed by atoms with Gasteiger partial charge in [-0.3, -0.25) is 9.55 Å². The Bertz CT molecular complexity index is 719. The molecule has 0 amide bonds. The van der Waals surface area contributed by atoms with E-state index < -0.39 is 0 Å². The Balaban J connectivity index is 2.24. The van der Waals surface area contributed by atoms with Crippen LogP contribution in [0.4, 0.5) is 0 Å². The number of para-hydroxylation sites is 2. The Kier molecular flexibility index (Phi) is 2.13. The lowest BCUT2D eigenvalue weighted by molar-refractivity contribution is 1.07. The molecule has 0 saturated heterocycles. The molecule has 0 aliphatic carbocycles. The van der Waals surface area contributed by atoms with Crippen molar-refractivity contribution in [1.29, 1.82) is 0 Å². The summed E-state index contributed by atoms with van der Waals surface area (Å²) in [6, 6.07) is 9.87. The van der Waals surface area contributed by atoms with Crippen LogP contribution in [0.2, 0.25) is 0 Å². The molecule has 2 aromatic heterocycles. The van der Waals surface area contributed by atoms with E-state index in [-0.39, 0.29) is 0 Å². The highest BCUT2D eigenvalue weighted by molar-refractivity contribution is 5.77. The highest BCUT2D eigenvalue weighted by Gasteiger charge is 2.04. The molecule has 3 nitrogen and oxygen atoms in total. The second kappa shape index (κ2) is 3.76. The molecular weight excluding hydrogens is 210 g/mol. The van der Waals surface area contributed by atoms with Gasteiger partial charge in [0.25, 0.3) is 0 Å². The van der Waals surface area contributed by atoms with Crippen molar-refractivity contribution in [2.45, 2.75) is 0 Å². The molecule has 0 aliphatic heterocycles. The van der Waals surface area contributed by atoms with Gasteiger partial charge in [0.2, 0.25) is 0 Å². The minimum absolute atomic E-state index is 0.764. The predicted octanol–water partition coefficient (Wildman–Crippen LogP) is 2.40. The number of hydrogen-bond donors (Lipinski definition) is 0. The molecule has 0 saturated carbocycles. The van der Waals surface area contributed by atoms with Crippen molar-refractivity contribution in [1.82, 2.24) is 14.5 Å². The number of pyridine rings is 1. The summed E-state index contributed by atoms with van der Waals surface area (Å²) in [5.74, 6) is 2.58. The molecule has 0 spiro atoms. The summed E-state index contributed by atoms with van der Waals surface area (Å²) in [4.78, 5) is 8.46. The Morgan fingerprint density at radius 3 is 2.94 bits per heavy atom. The van der Waals surface area contributed by atoms with Crippen LogP contribution in [0.25, 0.3) is 16.7 Å². The van der Waals surface area contributed by atoms with E-state index in [0.29, 0.717) is 0 Å². The van der Waals surface area contributed by atoms with Crippen molar-refractivity contribution in [3.63, 3.8) is 0 Å². The van der Waals surface area contributed by atoms with Crippen LogP contribution >= 0.6 is 0 Å². The van der Waals surface area contributed by atoms with Gasteiger partial charge in [0.15, 0.2) is 0 Å². The second-order valence-electron chi connectivity index (χ2n) is 3.68. The van der Waals surface area contributed by atoms with E-state index in [1.807, 2.05) is 34.9 Å². The van der Waals surface area contributed by atoms with Gasteiger partial charge in [0.05, 0.1) is 22.9 Å². The van der Waals surface area contributed by atoms with Gasteiger partial charge in [-0.15, -0.1) is 6.42 Å². The van der Waals surface area contributed by atoms with E-state index in [2.05, 4.69) is 15.9 Å². The number of hydrogen-bond acceptors (Lipinski definition) is 2. The smallest absolute Gasteiger partial charge is 0.100 e. The number of benzene rings is 1. The molecule has 0 aliphatic rings. The number of imidazole rings is 1. The summed E-state index contributed by atoms with van der Waals surface area (Å²) in [7, 11) is 0. The van der Waals surface area contributed by atoms with E-state index in [9.17, 15) is 0 Å². The van der Waals surface area contributed by atoms with Gasteiger partial charge in [0.1, 0.15) is 6.33 Å². The molecule has 3 heteroatoms. The molecule has 17 heavy (non-hydrogen) atoms. The van der Waals surface area contributed by atoms with Gasteiger partial charge in [-0.25, -0.2) is 4.98 Å². The zero-order valence-corrected chi connectivity index (χ0v) is 9.04. The summed E-state index contributed by atoms with van der Waals surface area (Å²) in [6.07, 6.45) is 10.6. The lowest BCUT2D eigenvalue weighted by atomic mass is 10.2. The van der Waals surface area contributed by atoms with Gasteiger partial charge in [-0.2, -0.15) is 0 Å². The molecule has 0 atom stereocenters.